The summed E-state index contributed by atoms with van der Waals surface area (Å²) in [5.74, 6) is -0.00584. The van der Waals surface area contributed by atoms with Crippen molar-refractivity contribution in [2.75, 3.05) is 18.5 Å². The van der Waals surface area contributed by atoms with Crippen LogP contribution in [0.4, 0.5) is 5.82 Å². The molecule has 10 nitrogen and oxygen atoms in total. The van der Waals surface area contributed by atoms with Gasteiger partial charge in [-0.2, -0.15) is 0 Å². The maximum atomic E-state index is 12.6. The van der Waals surface area contributed by atoms with Gasteiger partial charge in [-0.05, 0) is 17.7 Å². The average Bonchev–Trinajstić information content (AvgIpc) is 3.59. The Morgan fingerprint density at radius 1 is 1.11 bits per heavy atom. The average molecular weight is 473 g/mol. The SMILES string of the molecule is O=C(Nc1ncnc2c1ncn2[C@@H]1O[C@@]2(CO)CO[C@@H]1[C@@H]2OCc1ccccc1)c1ccccc1. The van der Waals surface area contributed by atoms with E-state index in [1.807, 2.05) is 36.4 Å². The van der Waals surface area contributed by atoms with Crippen molar-refractivity contribution in [3.8, 4) is 0 Å². The third-order valence-electron chi connectivity index (χ3n) is 6.41. The van der Waals surface area contributed by atoms with Crippen LogP contribution in [0.2, 0.25) is 0 Å². The summed E-state index contributed by atoms with van der Waals surface area (Å²) in [6, 6.07) is 18.7. The van der Waals surface area contributed by atoms with E-state index in [-0.39, 0.29) is 19.1 Å². The van der Waals surface area contributed by atoms with Gasteiger partial charge in [-0.25, -0.2) is 15.0 Å². The molecule has 0 saturated carbocycles. The van der Waals surface area contributed by atoms with Crippen molar-refractivity contribution < 1.29 is 24.1 Å². The molecule has 0 unspecified atom stereocenters. The summed E-state index contributed by atoms with van der Waals surface area (Å²) in [6.45, 7) is 0.343. The number of nitrogens with one attached hydrogen (secondary N) is 1. The summed E-state index contributed by atoms with van der Waals surface area (Å²) in [5, 5.41) is 13.0. The molecular formula is C25H23N5O5. The number of aliphatic hydroxyl groups excluding tert-OH is 1. The van der Waals surface area contributed by atoms with E-state index >= 15 is 0 Å². The van der Waals surface area contributed by atoms with Crippen molar-refractivity contribution in [3.05, 3.63) is 84.4 Å². The van der Waals surface area contributed by atoms with Gasteiger partial charge in [-0.3, -0.25) is 9.36 Å². The zero-order valence-corrected chi connectivity index (χ0v) is 18.7. The van der Waals surface area contributed by atoms with Crippen LogP contribution in [0.25, 0.3) is 11.2 Å². The summed E-state index contributed by atoms with van der Waals surface area (Å²) >= 11 is 0. The first-order valence-electron chi connectivity index (χ1n) is 11.3. The molecule has 1 amide bonds. The lowest BCUT2D eigenvalue weighted by molar-refractivity contribution is -0.187. The Balaban J connectivity index is 1.27. The Kier molecular flexibility index (Phi) is 5.50. The zero-order valence-electron chi connectivity index (χ0n) is 18.7. The van der Waals surface area contributed by atoms with E-state index in [1.165, 1.54) is 6.33 Å². The molecule has 2 aliphatic heterocycles. The summed E-state index contributed by atoms with van der Waals surface area (Å²) < 4.78 is 20.3. The number of fused-ring (bicyclic) bond motifs is 3. The molecule has 2 bridgehead atoms. The van der Waals surface area contributed by atoms with Gasteiger partial charge in [-0.1, -0.05) is 48.5 Å². The predicted molar refractivity (Wildman–Crippen MR) is 124 cm³/mol. The molecule has 2 N–H and O–H groups in total. The van der Waals surface area contributed by atoms with Crippen molar-refractivity contribution in [1.29, 1.82) is 0 Å². The van der Waals surface area contributed by atoms with Crippen LogP contribution < -0.4 is 5.32 Å². The monoisotopic (exact) mass is 473 g/mol. The van der Waals surface area contributed by atoms with Crippen LogP contribution in [0.5, 0.6) is 0 Å². The molecular weight excluding hydrogens is 450 g/mol. The van der Waals surface area contributed by atoms with Crippen LogP contribution in [0, 0.1) is 0 Å². The van der Waals surface area contributed by atoms with E-state index in [9.17, 15) is 9.90 Å². The minimum atomic E-state index is -0.988. The third-order valence-corrected chi connectivity index (χ3v) is 6.41. The third kappa shape index (κ3) is 3.76. The number of amides is 1. The largest absolute Gasteiger partial charge is 0.393 e. The lowest BCUT2D eigenvalue weighted by Crippen LogP contribution is -2.45. The van der Waals surface area contributed by atoms with Crippen LogP contribution in [0.1, 0.15) is 22.1 Å². The fourth-order valence-corrected chi connectivity index (χ4v) is 4.64. The first-order valence-corrected chi connectivity index (χ1v) is 11.3. The van der Waals surface area contributed by atoms with E-state index in [4.69, 9.17) is 14.2 Å². The van der Waals surface area contributed by atoms with Crippen LogP contribution >= 0.6 is 0 Å². The summed E-state index contributed by atoms with van der Waals surface area (Å²) in [7, 11) is 0. The first kappa shape index (κ1) is 21.8. The van der Waals surface area contributed by atoms with Crippen LogP contribution in [0.15, 0.2) is 73.3 Å². The standard InChI is InChI=1S/C25H23N5O5/c31-12-25-13-34-19(20(25)33-11-16-7-3-1-4-8-16)24(35-25)30-15-28-18-21(26-14-27-22(18)30)29-23(32)17-9-5-2-6-10-17/h1-10,14-15,19-20,24,31H,11-13H2,(H,26,27,29,32)/t19-,20+,24-,25+/m1/s1. The normalized spacial score (nSPS) is 25.2. The number of aromatic nitrogens is 4. The Morgan fingerprint density at radius 2 is 1.89 bits per heavy atom. The molecule has 0 radical (unpaired) electrons. The van der Waals surface area contributed by atoms with E-state index in [0.717, 1.165) is 5.56 Å². The number of hydrogen-bond donors (Lipinski definition) is 2. The molecule has 4 atom stereocenters. The van der Waals surface area contributed by atoms with Gasteiger partial charge in [0.05, 0.1) is 26.1 Å². The van der Waals surface area contributed by atoms with Crippen LogP contribution in [0.3, 0.4) is 0 Å². The Morgan fingerprint density at radius 3 is 2.66 bits per heavy atom. The van der Waals surface area contributed by atoms with Gasteiger partial charge in [0.15, 0.2) is 23.2 Å². The van der Waals surface area contributed by atoms with Gasteiger partial charge < -0.3 is 24.6 Å². The highest BCUT2D eigenvalue weighted by atomic mass is 16.7. The highest BCUT2D eigenvalue weighted by Gasteiger charge is 2.63. The summed E-state index contributed by atoms with van der Waals surface area (Å²) in [4.78, 5) is 25.7. The molecule has 2 aromatic carbocycles. The van der Waals surface area contributed by atoms with Crippen molar-refractivity contribution >= 4 is 22.9 Å². The van der Waals surface area contributed by atoms with Crippen molar-refractivity contribution in [3.63, 3.8) is 0 Å². The second-order valence-electron chi connectivity index (χ2n) is 8.59. The molecule has 2 saturated heterocycles. The molecule has 4 heterocycles. The van der Waals surface area contributed by atoms with E-state index in [2.05, 4.69) is 20.3 Å². The number of carbonyl (C=O) groups excluding carboxylic acids is 1. The molecule has 6 rings (SSSR count). The molecule has 10 heteroatoms. The van der Waals surface area contributed by atoms with Gasteiger partial charge in [0.2, 0.25) is 0 Å². The topological polar surface area (TPSA) is 121 Å². The van der Waals surface area contributed by atoms with E-state index in [1.54, 1.807) is 35.2 Å². The Bertz CT molecular complexity index is 1350. The number of imidazole rings is 1. The maximum Gasteiger partial charge on any atom is 0.256 e. The number of rotatable bonds is 7. The highest BCUT2D eigenvalue weighted by molar-refractivity contribution is 6.06. The molecule has 2 fully saturated rings. The van der Waals surface area contributed by atoms with E-state index < -0.39 is 24.0 Å². The maximum absolute atomic E-state index is 12.6. The fourth-order valence-electron chi connectivity index (χ4n) is 4.64. The van der Waals surface area contributed by atoms with Gasteiger partial charge in [0.1, 0.15) is 24.1 Å². The minimum absolute atomic E-state index is 0.226. The molecule has 4 aromatic rings. The van der Waals surface area contributed by atoms with Gasteiger partial charge in [0.25, 0.3) is 5.91 Å². The smallest absolute Gasteiger partial charge is 0.256 e. The van der Waals surface area contributed by atoms with Crippen molar-refractivity contribution in [2.24, 2.45) is 0 Å². The second kappa shape index (κ2) is 8.82. The molecule has 2 aliphatic rings. The predicted octanol–water partition coefficient (Wildman–Crippen LogP) is 2.32. The molecule has 0 spiro atoms. The summed E-state index contributed by atoms with van der Waals surface area (Å²) in [6.07, 6.45) is 1.37. The second-order valence-corrected chi connectivity index (χ2v) is 8.59. The number of aliphatic hydroxyl groups is 1. The molecule has 178 valence electrons. The summed E-state index contributed by atoms with van der Waals surface area (Å²) in [5.41, 5.74) is 1.43. The van der Waals surface area contributed by atoms with Crippen molar-refractivity contribution in [1.82, 2.24) is 19.5 Å². The zero-order chi connectivity index (χ0) is 23.8. The number of benzene rings is 2. The van der Waals surface area contributed by atoms with Gasteiger partial charge >= 0.3 is 0 Å². The minimum Gasteiger partial charge on any atom is -0.393 e. The number of carbonyl (C=O) groups is 1. The highest BCUT2D eigenvalue weighted by Crippen LogP contribution is 2.47. The Labute approximate surface area is 200 Å². The molecule has 0 aliphatic carbocycles. The van der Waals surface area contributed by atoms with Crippen LogP contribution in [-0.2, 0) is 20.8 Å². The molecule has 35 heavy (non-hydrogen) atoms. The number of ether oxygens (including phenoxy) is 3. The van der Waals surface area contributed by atoms with Crippen molar-refractivity contribution in [2.45, 2.75) is 30.6 Å². The Hall–Kier alpha value is -3.70. The van der Waals surface area contributed by atoms with E-state index in [0.29, 0.717) is 29.2 Å². The lowest BCUT2D eigenvalue weighted by Gasteiger charge is -2.29. The lowest BCUT2D eigenvalue weighted by atomic mass is 10.00. The van der Waals surface area contributed by atoms with Gasteiger partial charge in [0, 0.05) is 5.56 Å². The molecule has 2 aromatic heterocycles. The fraction of sp³-hybridized carbons (Fsp3) is 0.280. The van der Waals surface area contributed by atoms with Crippen LogP contribution in [-0.4, -0.2) is 61.6 Å². The first-order chi connectivity index (χ1) is 17.2. The number of nitrogens with zero attached hydrogens (tertiary/aromatic N) is 4. The number of anilines is 1. The quantitative estimate of drug-likeness (QED) is 0.420. The van der Waals surface area contributed by atoms with Gasteiger partial charge in [-0.15, -0.1) is 0 Å². The number of hydrogen-bond acceptors (Lipinski definition) is 8.